The molecule has 6 heteroatoms. The number of hydrogen-bond acceptors (Lipinski definition) is 4. The number of fused-ring (bicyclic) bond motifs is 1. The average molecular weight is 323 g/mol. The number of benzene rings is 2. The summed E-state index contributed by atoms with van der Waals surface area (Å²) in [5, 5.41) is 7.73. The first-order valence-corrected chi connectivity index (χ1v) is 7.66. The molecule has 1 amide bonds. The summed E-state index contributed by atoms with van der Waals surface area (Å²) in [5.74, 6) is -0.476. The topological polar surface area (TPSA) is 59.2 Å². The van der Waals surface area contributed by atoms with Gasteiger partial charge in [0.25, 0.3) is 0 Å². The highest BCUT2D eigenvalue weighted by Gasteiger charge is 2.25. The van der Waals surface area contributed by atoms with Gasteiger partial charge >= 0.3 is 11.8 Å². The first kappa shape index (κ1) is 14.6. The Labute approximate surface area is 137 Å². The Kier molecular flexibility index (Phi) is 3.57. The molecule has 2 heterocycles. The third-order valence-electron chi connectivity index (χ3n) is 4.12. The first-order valence-electron chi connectivity index (χ1n) is 7.66. The third kappa shape index (κ3) is 2.67. The van der Waals surface area contributed by atoms with Gasteiger partial charge in [-0.25, -0.2) is 4.39 Å². The summed E-state index contributed by atoms with van der Waals surface area (Å²) in [6.45, 7) is 1.15. The molecule has 0 bridgehead atoms. The lowest BCUT2D eigenvalue weighted by Crippen LogP contribution is -2.36. The summed E-state index contributed by atoms with van der Waals surface area (Å²) in [6, 6.07) is 13.8. The minimum atomic E-state index is -0.346. The molecule has 1 aliphatic rings. The Balaban J connectivity index is 1.55. The lowest BCUT2D eigenvalue weighted by atomic mass is 10.00. The summed E-state index contributed by atoms with van der Waals surface area (Å²) in [5.41, 5.74) is 2.97. The minimum absolute atomic E-state index is 0.0475. The molecule has 0 radical (unpaired) electrons. The smallest absolute Gasteiger partial charge is 0.311 e. The molecular weight excluding hydrogens is 309 g/mol. The van der Waals surface area contributed by atoms with Crippen LogP contribution in [0.5, 0.6) is 0 Å². The van der Waals surface area contributed by atoms with Gasteiger partial charge in [-0.1, -0.05) is 24.3 Å². The molecule has 1 aliphatic heterocycles. The second-order valence-corrected chi connectivity index (χ2v) is 5.66. The number of carbonyl (C=O) groups is 1. The van der Waals surface area contributed by atoms with Gasteiger partial charge in [0.1, 0.15) is 5.82 Å². The van der Waals surface area contributed by atoms with Crippen molar-refractivity contribution in [2.75, 3.05) is 6.54 Å². The van der Waals surface area contributed by atoms with Gasteiger partial charge < -0.3 is 9.32 Å². The van der Waals surface area contributed by atoms with Crippen molar-refractivity contribution in [3.63, 3.8) is 0 Å². The fraction of sp³-hybridized carbons (Fsp3) is 0.167. The molecule has 0 saturated heterocycles. The van der Waals surface area contributed by atoms with Crippen molar-refractivity contribution in [3.05, 3.63) is 71.4 Å². The predicted molar refractivity (Wildman–Crippen MR) is 84.6 cm³/mol. The molecule has 3 aromatic rings. The van der Waals surface area contributed by atoms with E-state index in [1.807, 2.05) is 18.2 Å². The van der Waals surface area contributed by atoms with E-state index in [0.717, 1.165) is 12.0 Å². The van der Waals surface area contributed by atoms with Crippen molar-refractivity contribution in [2.45, 2.75) is 13.0 Å². The molecule has 0 atom stereocenters. The zero-order chi connectivity index (χ0) is 16.5. The number of rotatable bonds is 2. The SMILES string of the molecule is O=C(c1nnc(-c2ccc(F)cc2)o1)N1CCc2ccccc2C1. The summed E-state index contributed by atoms with van der Waals surface area (Å²) < 4.78 is 18.4. The molecule has 0 N–H and O–H groups in total. The van der Waals surface area contributed by atoms with E-state index in [-0.39, 0.29) is 23.5 Å². The van der Waals surface area contributed by atoms with Crippen LogP contribution < -0.4 is 0 Å². The van der Waals surface area contributed by atoms with Crippen LogP contribution in [0.15, 0.2) is 52.9 Å². The Morgan fingerprint density at radius 1 is 1.04 bits per heavy atom. The summed E-state index contributed by atoms with van der Waals surface area (Å²) in [4.78, 5) is 14.3. The highest BCUT2D eigenvalue weighted by atomic mass is 19.1. The van der Waals surface area contributed by atoms with Crippen molar-refractivity contribution in [2.24, 2.45) is 0 Å². The minimum Gasteiger partial charge on any atom is -0.412 e. The number of halogens is 1. The van der Waals surface area contributed by atoms with E-state index in [4.69, 9.17) is 4.42 Å². The Morgan fingerprint density at radius 2 is 1.79 bits per heavy atom. The number of hydrogen-bond donors (Lipinski definition) is 0. The summed E-state index contributed by atoms with van der Waals surface area (Å²) in [6.07, 6.45) is 0.806. The predicted octanol–water partition coefficient (Wildman–Crippen LogP) is 3.07. The van der Waals surface area contributed by atoms with E-state index >= 15 is 0 Å². The second-order valence-electron chi connectivity index (χ2n) is 5.66. The average Bonchev–Trinajstić information content (AvgIpc) is 3.11. The van der Waals surface area contributed by atoms with Crippen LogP contribution >= 0.6 is 0 Å². The largest absolute Gasteiger partial charge is 0.412 e. The van der Waals surface area contributed by atoms with Crippen LogP contribution in [0, 0.1) is 5.82 Å². The quantitative estimate of drug-likeness (QED) is 0.727. The van der Waals surface area contributed by atoms with Crippen molar-refractivity contribution in [1.82, 2.24) is 15.1 Å². The molecular formula is C18H14FN3O2. The molecule has 24 heavy (non-hydrogen) atoms. The molecule has 2 aromatic carbocycles. The van der Waals surface area contributed by atoms with Crippen LogP contribution in [0.3, 0.4) is 0 Å². The van der Waals surface area contributed by atoms with Crippen LogP contribution in [0.25, 0.3) is 11.5 Å². The van der Waals surface area contributed by atoms with Crippen molar-refractivity contribution < 1.29 is 13.6 Å². The molecule has 0 spiro atoms. The molecule has 120 valence electrons. The highest BCUT2D eigenvalue weighted by molar-refractivity contribution is 5.90. The molecule has 1 aromatic heterocycles. The summed E-state index contributed by atoms with van der Waals surface area (Å²) in [7, 11) is 0. The molecule has 0 fully saturated rings. The van der Waals surface area contributed by atoms with Crippen LogP contribution in [-0.2, 0) is 13.0 Å². The van der Waals surface area contributed by atoms with Gasteiger partial charge in [0.2, 0.25) is 5.89 Å². The zero-order valence-corrected chi connectivity index (χ0v) is 12.8. The van der Waals surface area contributed by atoms with Crippen molar-refractivity contribution in [1.29, 1.82) is 0 Å². The number of nitrogens with zero attached hydrogens (tertiary/aromatic N) is 3. The maximum absolute atomic E-state index is 13.0. The number of carbonyl (C=O) groups excluding carboxylic acids is 1. The normalized spacial score (nSPS) is 13.6. The van der Waals surface area contributed by atoms with E-state index in [1.54, 1.807) is 4.90 Å². The van der Waals surface area contributed by atoms with Crippen LogP contribution in [0.2, 0.25) is 0 Å². The molecule has 4 rings (SSSR count). The Bertz CT molecular complexity index is 889. The lowest BCUT2D eigenvalue weighted by Gasteiger charge is -2.27. The molecule has 0 unspecified atom stereocenters. The third-order valence-corrected chi connectivity index (χ3v) is 4.12. The van der Waals surface area contributed by atoms with E-state index in [9.17, 15) is 9.18 Å². The lowest BCUT2D eigenvalue weighted by molar-refractivity contribution is 0.0695. The molecule has 0 saturated carbocycles. The Hall–Kier alpha value is -3.02. The van der Waals surface area contributed by atoms with E-state index in [0.29, 0.717) is 18.7 Å². The van der Waals surface area contributed by atoms with Crippen molar-refractivity contribution >= 4 is 5.91 Å². The number of amides is 1. The summed E-state index contributed by atoms with van der Waals surface area (Å²) >= 11 is 0. The molecule has 0 aliphatic carbocycles. The van der Waals surface area contributed by atoms with E-state index in [1.165, 1.54) is 29.8 Å². The fourth-order valence-electron chi connectivity index (χ4n) is 2.82. The van der Waals surface area contributed by atoms with Gasteiger partial charge in [-0.05, 0) is 41.8 Å². The highest BCUT2D eigenvalue weighted by Crippen LogP contribution is 2.22. The maximum Gasteiger partial charge on any atom is 0.311 e. The van der Waals surface area contributed by atoms with Gasteiger partial charge in [-0.2, -0.15) is 0 Å². The maximum atomic E-state index is 13.0. The van der Waals surface area contributed by atoms with Crippen molar-refractivity contribution in [3.8, 4) is 11.5 Å². The van der Waals surface area contributed by atoms with Gasteiger partial charge in [0.15, 0.2) is 0 Å². The van der Waals surface area contributed by atoms with Crippen LogP contribution in [0.4, 0.5) is 4.39 Å². The zero-order valence-electron chi connectivity index (χ0n) is 12.8. The Morgan fingerprint density at radius 3 is 2.58 bits per heavy atom. The standard InChI is InChI=1S/C18H14FN3O2/c19-15-7-5-13(6-8-15)16-20-21-17(24-16)18(23)22-10-9-12-3-1-2-4-14(12)11-22/h1-8H,9-11H2. The van der Waals surface area contributed by atoms with E-state index in [2.05, 4.69) is 16.3 Å². The van der Waals surface area contributed by atoms with Gasteiger partial charge in [-0.15, -0.1) is 10.2 Å². The number of aromatic nitrogens is 2. The second kappa shape index (κ2) is 5.88. The first-order chi connectivity index (χ1) is 11.7. The van der Waals surface area contributed by atoms with Gasteiger partial charge in [0.05, 0.1) is 0 Å². The van der Waals surface area contributed by atoms with E-state index < -0.39 is 0 Å². The van der Waals surface area contributed by atoms with Crippen LogP contribution in [0.1, 0.15) is 21.8 Å². The van der Waals surface area contributed by atoms with Gasteiger partial charge in [0, 0.05) is 18.7 Å². The fourth-order valence-corrected chi connectivity index (χ4v) is 2.82. The van der Waals surface area contributed by atoms with Crippen LogP contribution in [-0.4, -0.2) is 27.5 Å². The monoisotopic (exact) mass is 323 g/mol. The molecule has 5 nitrogen and oxygen atoms in total. The van der Waals surface area contributed by atoms with Gasteiger partial charge in [-0.3, -0.25) is 4.79 Å².